The van der Waals surface area contributed by atoms with E-state index in [9.17, 15) is 4.79 Å². The molecule has 2 fully saturated rings. The normalized spacial score (nSPS) is 26.5. The van der Waals surface area contributed by atoms with Gasteiger partial charge in [0.25, 0.3) is 0 Å². The number of fused-ring (bicyclic) bond motifs is 2. The summed E-state index contributed by atoms with van der Waals surface area (Å²) in [5, 5.41) is 0. The highest BCUT2D eigenvalue weighted by molar-refractivity contribution is 6.08. The van der Waals surface area contributed by atoms with Crippen molar-refractivity contribution in [2.75, 3.05) is 24.5 Å². The van der Waals surface area contributed by atoms with Crippen LogP contribution < -0.4 is 4.90 Å². The smallest absolute Gasteiger partial charge is 0.239 e. The molecule has 1 atom stereocenters. The van der Waals surface area contributed by atoms with Gasteiger partial charge in [-0.1, -0.05) is 18.2 Å². The number of hydrogen-bond donors (Lipinski definition) is 0. The summed E-state index contributed by atoms with van der Waals surface area (Å²) in [4.78, 5) is 17.8. The lowest BCUT2D eigenvalue weighted by atomic mass is 9.81. The van der Waals surface area contributed by atoms with Crippen molar-refractivity contribution in [3.63, 3.8) is 0 Å². The minimum absolute atomic E-state index is 0.317. The zero-order chi connectivity index (χ0) is 16.1. The van der Waals surface area contributed by atoms with Crippen LogP contribution in [-0.4, -0.2) is 30.4 Å². The first-order valence-electron chi connectivity index (χ1n) is 8.92. The molecule has 4 heteroatoms. The first-order valence-corrected chi connectivity index (χ1v) is 8.92. The minimum atomic E-state index is -0.349. The number of carbonyl (C=O) groups excluding carboxylic acids is 1. The number of carbonyl (C=O) groups is 1. The highest BCUT2D eigenvalue weighted by atomic mass is 16.3. The van der Waals surface area contributed by atoms with E-state index in [0.29, 0.717) is 11.8 Å². The van der Waals surface area contributed by atoms with E-state index in [4.69, 9.17) is 4.42 Å². The molecule has 2 aliphatic heterocycles. The second kappa shape index (κ2) is 5.21. The zero-order valence-corrected chi connectivity index (χ0v) is 13.8. The summed E-state index contributed by atoms with van der Waals surface area (Å²) < 4.78 is 5.49. The fraction of sp³-hybridized carbons (Fsp3) is 0.450. The number of anilines is 1. The van der Waals surface area contributed by atoms with Gasteiger partial charge >= 0.3 is 0 Å². The van der Waals surface area contributed by atoms with Crippen molar-refractivity contribution in [1.82, 2.24) is 4.90 Å². The largest absolute Gasteiger partial charge is 0.468 e. The van der Waals surface area contributed by atoms with Crippen LogP contribution in [-0.2, 0) is 16.8 Å². The lowest BCUT2D eigenvalue weighted by molar-refractivity contribution is -0.122. The Kier molecular flexibility index (Phi) is 3.10. The Bertz CT molecular complexity index is 766. The maximum atomic E-state index is 13.4. The summed E-state index contributed by atoms with van der Waals surface area (Å²) in [7, 11) is 0. The third-order valence-electron chi connectivity index (χ3n) is 5.81. The highest BCUT2D eigenvalue weighted by Crippen LogP contribution is 2.48. The first kappa shape index (κ1) is 14.3. The Hall–Kier alpha value is -2.07. The second-order valence-corrected chi connectivity index (χ2v) is 7.50. The van der Waals surface area contributed by atoms with Crippen LogP contribution in [0.3, 0.4) is 0 Å². The molecule has 1 saturated carbocycles. The molecule has 1 spiro atoms. The summed E-state index contributed by atoms with van der Waals surface area (Å²) >= 11 is 0. The number of hydrogen-bond acceptors (Lipinski definition) is 3. The van der Waals surface area contributed by atoms with Crippen LogP contribution in [0, 0.1) is 5.92 Å². The summed E-state index contributed by atoms with van der Waals surface area (Å²) in [6, 6.07) is 12.4. The number of likely N-dealkylation sites (tertiary alicyclic amines) is 1. The molecule has 3 aliphatic rings. The molecule has 24 heavy (non-hydrogen) atoms. The van der Waals surface area contributed by atoms with Gasteiger partial charge in [-0.3, -0.25) is 9.69 Å². The van der Waals surface area contributed by atoms with Gasteiger partial charge in [-0.05, 0) is 48.9 Å². The molecule has 0 radical (unpaired) electrons. The van der Waals surface area contributed by atoms with Crippen molar-refractivity contribution in [3.8, 4) is 0 Å². The average molecular weight is 322 g/mol. The third-order valence-corrected chi connectivity index (χ3v) is 5.81. The molecule has 124 valence electrons. The van der Waals surface area contributed by atoms with Crippen LogP contribution in [0.2, 0.25) is 0 Å². The van der Waals surface area contributed by atoms with Crippen LogP contribution in [0.4, 0.5) is 5.69 Å². The van der Waals surface area contributed by atoms with Gasteiger partial charge in [0.2, 0.25) is 5.91 Å². The lowest BCUT2D eigenvalue weighted by Crippen LogP contribution is -2.43. The molecule has 0 unspecified atom stereocenters. The lowest BCUT2D eigenvalue weighted by Gasteiger charge is -2.24. The maximum Gasteiger partial charge on any atom is 0.239 e. The Balaban J connectivity index is 1.45. The predicted molar refractivity (Wildman–Crippen MR) is 91.8 cm³/mol. The monoisotopic (exact) mass is 322 g/mol. The van der Waals surface area contributed by atoms with Gasteiger partial charge in [0.1, 0.15) is 5.76 Å². The quantitative estimate of drug-likeness (QED) is 0.867. The Morgan fingerprint density at radius 1 is 1.17 bits per heavy atom. The molecule has 1 aliphatic carbocycles. The second-order valence-electron chi connectivity index (χ2n) is 7.50. The van der Waals surface area contributed by atoms with Gasteiger partial charge < -0.3 is 9.32 Å². The van der Waals surface area contributed by atoms with Crippen molar-refractivity contribution in [1.29, 1.82) is 0 Å². The van der Waals surface area contributed by atoms with Crippen molar-refractivity contribution >= 4 is 11.6 Å². The van der Waals surface area contributed by atoms with Gasteiger partial charge in [0.05, 0.1) is 18.2 Å². The molecule has 4 nitrogen and oxygen atoms in total. The molecule has 1 saturated heterocycles. The number of furan rings is 1. The summed E-state index contributed by atoms with van der Waals surface area (Å²) in [6.07, 6.45) is 5.16. The molecule has 2 aromatic rings. The topological polar surface area (TPSA) is 36.7 Å². The molecule has 3 heterocycles. The molecule has 1 aromatic heterocycles. The van der Waals surface area contributed by atoms with Crippen LogP contribution >= 0.6 is 0 Å². The summed E-state index contributed by atoms with van der Waals surface area (Å²) in [5.74, 6) is 2.00. The van der Waals surface area contributed by atoms with Crippen molar-refractivity contribution < 1.29 is 9.21 Å². The van der Waals surface area contributed by atoms with Gasteiger partial charge in [0, 0.05) is 25.3 Å². The molecule has 0 bridgehead atoms. The predicted octanol–water partition coefficient (Wildman–Crippen LogP) is 3.18. The Morgan fingerprint density at radius 3 is 2.83 bits per heavy atom. The molecule has 1 amide bonds. The number of benzene rings is 1. The van der Waals surface area contributed by atoms with E-state index in [1.165, 1.54) is 18.4 Å². The molecule has 0 N–H and O–H groups in total. The van der Waals surface area contributed by atoms with E-state index in [0.717, 1.165) is 44.0 Å². The van der Waals surface area contributed by atoms with Crippen molar-refractivity contribution in [2.45, 2.75) is 31.2 Å². The van der Waals surface area contributed by atoms with Crippen molar-refractivity contribution in [2.24, 2.45) is 5.92 Å². The van der Waals surface area contributed by atoms with Gasteiger partial charge in [0.15, 0.2) is 0 Å². The number of nitrogens with zero attached hydrogens (tertiary/aromatic N) is 2. The van der Waals surface area contributed by atoms with Crippen LogP contribution in [0.5, 0.6) is 0 Å². The molecule has 1 aromatic carbocycles. The first-order chi connectivity index (χ1) is 11.8. The van der Waals surface area contributed by atoms with E-state index in [1.54, 1.807) is 6.26 Å². The standard InChI is InChI=1S/C20H22N2O2/c23-19-20(9-10-21(14-20)13-16-4-3-11-24-16)17-5-1-2-6-18(17)22(19)12-15-7-8-15/h1-6,11,15H,7-10,12-14H2/t20-/m0/s1. The fourth-order valence-electron chi connectivity index (χ4n) is 4.38. The Labute approximate surface area is 142 Å². The third kappa shape index (κ3) is 2.13. The minimum Gasteiger partial charge on any atom is -0.468 e. The van der Waals surface area contributed by atoms with E-state index in [1.807, 2.05) is 12.1 Å². The van der Waals surface area contributed by atoms with Crippen LogP contribution in [0.1, 0.15) is 30.6 Å². The number of rotatable bonds is 4. The highest BCUT2D eigenvalue weighted by Gasteiger charge is 2.54. The summed E-state index contributed by atoms with van der Waals surface area (Å²) in [6.45, 7) is 3.42. The van der Waals surface area contributed by atoms with E-state index in [-0.39, 0.29) is 5.41 Å². The summed E-state index contributed by atoms with van der Waals surface area (Å²) in [5.41, 5.74) is 2.03. The average Bonchev–Trinajstić information content (AvgIpc) is 3.03. The SMILES string of the molecule is O=C1N(CC2CC2)c2ccccc2[C@@]12CCN(Cc1ccco1)C2. The maximum absolute atomic E-state index is 13.4. The van der Waals surface area contributed by atoms with Crippen LogP contribution in [0.25, 0.3) is 0 Å². The molecular weight excluding hydrogens is 300 g/mol. The van der Waals surface area contributed by atoms with Gasteiger partial charge in [-0.15, -0.1) is 0 Å². The van der Waals surface area contributed by atoms with E-state index in [2.05, 4.69) is 34.1 Å². The van der Waals surface area contributed by atoms with Crippen LogP contribution in [0.15, 0.2) is 47.1 Å². The van der Waals surface area contributed by atoms with E-state index >= 15 is 0 Å². The molecular formula is C20H22N2O2. The van der Waals surface area contributed by atoms with Gasteiger partial charge in [-0.2, -0.15) is 0 Å². The van der Waals surface area contributed by atoms with E-state index < -0.39 is 0 Å². The number of para-hydroxylation sites is 1. The van der Waals surface area contributed by atoms with Crippen molar-refractivity contribution in [3.05, 3.63) is 54.0 Å². The van der Waals surface area contributed by atoms with Gasteiger partial charge in [-0.25, -0.2) is 0 Å². The number of amides is 1. The Morgan fingerprint density at radius 2 is 2.04 bits per heavy atom. The zero-order valence-electron chi connectivity index (χ0n) is 13.8. The fourth-order valence-corrected chi connectivity index (χ4v) is 4.38. The molecule has 5 rings (SSSR count).